The molecule has 0 saturated heterocycles. The number of rotatable bonds is 3. The first-order chi connectivity index (χ1) is 10.3. The van der Waals surface area contributed by atoms with E-state index in [1.165, 1.54) is 24.0 Å². The van der Waals surface area contributed by atoms with Crippen LogP contribution in [0.3, 0.4) is 0 Å². The Bertz CT molecular complexity index is 643. The Kier molecular flexibility index (Phi) is 3.07. The Hall–Kier alpha value is -1.68. The van der Waals surface area contributed by atoms with Crippen molar-refractivity contribution in [1.82, 2.24) is 10.1 Å². The molecule has 2 N–H and O–H groups in total. The van der Waals surface area contributed by atoms with E-state index < -0.39 is 0 Å². The summed E-state index contributed by atoms with van der Waals surface area (Å²) < 4.78 is 5.63. The summed E-state index contributed by atoms with van der Waals surface area (Å²) in [6.45, 7) is 0.607. The van der Waals surface area contributed by atoms with E-state index in [0.717, 1.165) is 37.4 Å². The fourth-order valence-corrected chi connectivity index (χ4v) is 3.97. The van der Waals surface area contributed by atoms with Crippen LogP contribution in [0.4, 0.5) is 0 Å². The molecule has 4 rings (SSSR count). The van der Waals surface area contributed by atoms with Gasteiger partial charge in [0.1, 0.15) is 0 Å². The topological polar surface area (TPSA) is 64.9 Å². The smallest absolute Gasteiger partial charge is 0.234 e. The van der Waals surface area contributed by atoms with Gasteiger partial charge in [0, 0.05) is 12.5 Å². The summed E-state index contributed by atoms with van der Waals surface area (Å²) in [5.74, 6) is 1.89. The third-order valence-corrected chi connectivity index (χ3v) is 5.29. The molecule has 0 bridgehead atoms. The molecule has 1 unspecified atom stereocenters. The van der Waals surface area contributed by atoms with Crippen molar-refractivity contribution in [1.29, 1.82) is 0 Å². The SMILES string of the molecule is NCC1(c2nc(C3CCc4ccccc43)no2)CCCC1. The quantitative estimate of drug-likeness (QED) is 0.940. The van der Waals surface area contributed by atoms with E-state index in [-0.39, 0.29) is 11.3 Å². The average molecular weight is 283 g/mol. The highest BCUT2D eigenvalue weighted by atomic mass is 16.5. The molecule has 4 heteroatoms. The van der Waals surface area contributed by atoms with Crippen LogP contribution in [0, 0.1) is 0 Å². The van der Waals surface area contributed by atoms with Gasteiger partial charge >= 0.3 is 0 Å². The van der Waals surface area contributed by atoms with Crippen LogP contribution in [0.1, 0.15) is 60.9 Å². The minimum absolute atomic E-state index is 0.0661. The number of aromatic nitrogens is 2. The lowest BCUT2D eigenvalue weighted by molar-refractivity contribution is 0.282. The van der Waals surface area contributed by atoms with Gasteiger partial charge in [0.25, 0.3) is 0 Å². The highest BCUT2D eigenvalue weighted by molar-refractivity contribution is 5.38. The molecular weight excluding hydrogens is 262 g/mol. The average Bonchev–Trinajstić information content (AvgIpc) is 3.25. The third kappa shape index (κ3) is 2.01. The molecule has 1 aromatic heterocycles. The molecule has 1 fully saturated rings. The lowest BCUT2D eigenvalue weighted by atomic mass is 9.86. The van der Waals surface area contributed by atoms with Crippen molar-refractivity contribution in [3.63, 3.8) is 0 Å². The van der Waals surface area contributed by atoms with Crippen molar-refractivity contribution < 1.29 is 4.52 Å². The number of hydrogen-bond donors (Lipinski definition) is 1. The standard InChI is InChI=1S/C17H21N3O/c18-11-17(9-3-4-10-17)16-19-15(20-21-16)14-8-7-12-5-1-2-6-13(12)14/h1-2,5-6,14H,3-4,7-11,18H2. The fourth-order valence-electron chi connectivity index (χ4n) is 3.97. The van der Waals surface area contributed by atoms with Crippen molar-refractivity contribution in [3.8, 4) is 0 Å². The number of nitrogens with two attached hydrogens (primary N) is 1. The Labute approximate surface area is 124 Å². The van der Waals surface area contributed by atoms with Gasteiger partial charge in [-0.1, -0.05) is 42.3 Å². The summed E-state index contributed by atoms with van der Waals surface area (Å²) in [5, 5.41) is 4.29. The maximum atomic E-state index is 6.01. The van der Waals surface area contributed by atoms with Crippen LogP contribution >= 0.6 is 0 Å². The molecule has 1 saturated carbocycles. The molecule has 0 radical (unpaired) electrons. The first kappa shape index (κ1) is 13.0. The first-order valence-corrected chi connectivity index (χ1v) is 7.94. The van der Waals surface area contributed by atoms with E-state index in [1.54, 1.807) is 0 Å². The third-order valence-electron chi connectivity index (χ3n) is 5.29. The lowest BCUT2D eigenvalue weighted by Gasteiger charge is -2.21. The van der Waals surface area contributed by atoms with E-state index in [0.29, 0.717) is 6.54 Å². The normalized spacial score (nSPS) is 23.4. The molecule has 2 aliphatic carbocycles. The number of fused-ring (bicyclic) bond motifs is 1. The zero-order valence-electron chi connectivity index (χ0n) is 12.2. The lowest BCUT2D eigenvalue weighted by Crippen LogP contribution is -2.32. The van der Waals surface area contributed by atoms with Crippen LogP contribution in [0.2, 0.25) is 0 Å². The molecule has 0 amide bonds. The van der Waals surface area contributed by atoms with Gasteiger partial charge in [-0.25, -0.2) is 0 Å². The Morgan fingerprint density at radius 3 is 2.86 bits per heavy atom. The van der Waals surface area contributed by atoms with E-state index in [2.05, 4.69) is 29.4 Å². The molecule has 2 aromatic rings. The van der Waals surface area contributed by atoms with Crippen LogP contribution in [0.5, 0.6) is 0 Å². The fraction of sp³-hybridized carbons (Fsp3) is 0.529. The molecule has 1 heterocycles. The second-order valence-corrected chi connectivity index (χ2v) is 6.44. The van der Waals surface area contributed by atoms with Gasteiger partial charge in [0.2, 0.25) is 5.89 Å². The summed E-state index contributed by atoms with van der Waals surface area (Å²) in [6, 6.07) is 8.59. The zero-order chi connectivity index (χ0) is 14.3. The van der Waals surface area contributed by atoms with Gasteiger partial charge in [0.15, 0.2) is 5.82 Å². The molecule has 1 atom stereocenters. The van der Waals surface area contributed by atoms with Crippen LogP contribution in [0.25, 0.3) is 0 Å². The molecule has 4 nitrogen and oxygen atoms in total. The molecule has 110 valence electrons. The minimum atomic E-state index is -0.0661. The van der Waals surface area contributed by atoms with Crippen molar-refractivity contribution in [3.05, 3.63) is 47.1 Å². The molecule has 2 aliphatic rings. The Balaban J connectivity index is 1.67. The van der Waals surface area contributed by atoms with Crippen LogP contribution in [-0.4, -0.2) is 16.7 Å². The van der Waals surface area contributed by atoms with Crippen LogP contribution in [0.15, 0.2) is 28.8 Å². The van der Waals surface area contributed by atoms with Crippen molar-refractivity contribution in [2.45, 2.75) is 49.9 Å². The Morgan fingerprint density at radius 1 is 1.24 bits per heavy atom. The number of benzene rings is 1. The maximum Gasteiger partial charge on any atom is 0.234 e. The van der Waals surface area contributed by atoms with E-state index in [4.69, 9.17) is 15.2 Å². The minimum Gasteiger partial charge on any atom is -0.339 e. The van der Waals surface area contributed by atoms with Crippen molar-refractivity contribution >= 4 is 0 Å². The van der Waals surface area contributed by atoms with Gasteiger partial charge in [-0.2, -0.15) is 4.98 Å². The summed E-state index contributed by atoms with van der Waals surface area (Å²) in [7, 11) is 0. The molecule has 21 heavy (non-hydrogen) atoms. The molecule has 1 aromatic carbocycles. The maximum absolute atomic E-state index is 6.01. The number of nitrogens with zero attached hydrogens (tertiary/aromatic N) is 2. The summed E-state index contributed by atoms with van der Waals surface area (Å²) in [5.41, 5.74) is 8.73. The van der Waals surface area contributed by atoms with Crippen molar-refractivity contribution in [2.24, 2.45) is 5.73 Å². The number of aryl methyl sites for hydroxylation is 1. The second-order valence-electron chi connectivity index (χ2n) is 6.44. The van der Waals surface area contributed by atoms with E-state index >= 15 is 0 Å². The van der Waals surface area contributed by atoms with Crippen LogP contribution in [-0.2, 0) is 11.8 Å². The zero-order valence-corrected chi connectivity index (χ0v) is 12.2. The van der Waals surface area contributed by atoms with E-state index in [1.807, 2.05) is 0 Å². The summed E-state index contributed by atoms with van der Waals surface area (Å²) >= 11 is 0. The second kappa shape index (κ2) is 4.95. The summed E-state index contributed by atoms with van der Waals surface area (Å²) in [6.07, 6.45) is 6.75. The first-order valence-electron chi connectivity index (χ1n) is 7.94. The Morgan fingerprint density at radius 2 is 2.05 bits per heavy atom. The molecule has 0 aliphatic heterocycles. The van der Waals surface area contributed by atoms with Gasteiger partial charge in [0.05, 0.1) is 5.41 Å². The highest BCUT2D eigenvalue weighted by Gasteiger charge is 2.40. The summed E-state index contributed by atoms with van der Waals surface area (Å²) in [4.78, 5) is 4.76. The molecule has 0 spiro atoms. The van der Waals surface area contributed by atoms with Gasteiger partial charge in [-0.15, -0.1) is 0 Å². The van der Waals surface area contributed by atoms with E-state index in [9.17, 15) is 0 Å². The van der Waals surface area contributed by atoms with Gasteiger partial charge in [-0.05, 0) is 36.8 Å². The van der Waals surface area contributed by atoms with Crippen molar-refractivity contribution in [2.75, 3.05) is 6.54 Å². The largest absolute Gasteiger partial charge is 0.339 e. The van der Waals surface area contributed by atoms with Gasteiger partial charge < -0.3 is 10.3 Å². The monoisotopic (exact) mass is 283 g/mol. The van der Waals surface area contributed by atoms with Crippen LogP contribution < -0.4 is 5.73 Å². The predicted octanol–water partition coefficient (Wildman–Crippen LogP) is 2.92. The highest BCUT2D eigenvalue weighted by Crippen LogP contribution is 2.41. The number of hydrogen-bond acceptors (Lipinski definition) is 4. The molecular formula is C17H21N3O. The van der Waals surface area contributed by atoms with Gasteiger partial charge in [-0.3, -0.25) is 0 Å². The predicted molar refractivity (Wildman–Crippen MR) is 80.1 cm³/mol.